The van der Waals surface area contributed by atoms with Crippen molar-refractivity contribution in [3.8, 4) is 0 Å². The molecule has 0 saturated heterocycles. The highest BCUT2D eigenvalue weighted by Crippen LogP contribution is 2.17. The predicted molar refractivity (Wildman–Crippen MR) is 53.5 cm³/mol. The summed E-state index contributed by atoms with van der Waals surface area (Å²) in [5.41, 5.74) is 1.61. The first kappa shape index (κ1) is 10.9. The van der Waals surface area contributed by atoms with Crippen LogP contribution in [0.1, 0.15) is 22.0 Å². The molecule has 0 amide bonds. The van der Waals surface area contributed by atoms with E-state index in [1.165, 1.54) is 0 Å². The van der Waals surface area contributed by atoms with Gasteiger partial charge in [-0.1, -0.05) is 18.2 Å². The maximum Gasteiger partial charge on any atom is 0.150 e. The molecule has 1 rings (SSSR count). The van der Waals surface area contributed by atoms with E-state index >= 15 is 0 Å². The molecule has 1 aromatic carbocycles. The number of methoxy groups -OCH3 is 2. The lowest BCUT2D eigenvalue weighted by Crippen LogP contribution is -2.08. The lowest BCUT2D eigenvalue weighted by Gasteiger charge is -2.14. The van der Waals surface area contributed by atoms with Gasteiger partial charge >= 0.3 is 0 Å². The van der Waals surface area contributed by atoms with E-state index in [2.05, 4.69) is 0 Å². The lowest BCUT2D eigenvalue weighted by molar-refractivity contribution is 0.0274. The summed E-state index contributed by atoms with van der Waals surface area (Å²) in [6.07, 6.45) is 0.711. The van der Waals surface area contributed by atoms with E-state index in [1.54, 1.807) is 26.4 Å². The summed E-state index contributed by atoms with van der Waals surface area (Å²) >= 11 is 0. The Morgan fingerprint density at radius 3 is 2.79 bits per heavy atom. The van der Waals surface area contributed by atoms with Crippen LogP contribution >= 0.6 is 0 Å². The number of ether oxygens (including phenoxy) is 2. The molecule has 76 valence electrons. The molecule has 0 aliphatic heterocycles. The molecule has 0 aromatic heterocycles. The Morgan fingerprint density at radius 1 is 1.43 bits per heavy atom. The first-order chi connectivity index (χ1) is 6.81. The first-order valence-electron chi connectivity index (χ1n) is 4.38. The number of carbonyl (C=O) groups excluding carboxylic acids is 1. The van der Waals surface area contributed by atoms with E-state index in [4.69, 9.17) is 9.47 Å². The highest BCUT2D eigenvalue weighted by molar-refractivity contribution is 5.74. The molecule has 1 atom stereocenters. The third-order valence-corrected chi connectivity index (χ3v) is 2.02. The second-order valence-electron chi connectivity index (χ2n) is 2.97. The Hall–Kier alpha value is -1.19. The molecular formula is C11H14O3. The van der Waals surface area contributed by atoms with Gasteiger partial charge in [0.15, 0.2) is 0 Å². The Bertz CT molecular complexity index is 296. The fourth-order valence-electron chi connectivity index (χ4n) is 1.28. The van der Waals surface area contributed by atoms with Gasteiger partial charge in [0.05, 0.1) is 6.61 Å². The van der Waals surface area contributed by atoms with Crippen LogP contribution in [0.2, 0.25) is 0 Å². The van der Waals surface area contributed by atoms with Gasteiger partial charge in [-0.2, -0.15) is 0 Å². The van der Waals surface area contributed by atoms with E-state index in [-0.39, 0.29) is 6.10 Å². The Labute approximate surface area is 83.6 Å². The van der Waals surface area contributed by atoms with Gasteiger partial charge in [-0.25, -0.2) is 0 Å². The minimum Gasteiger partial charge on any atom is -0.382 e. The molecule has 0 aliphatic carbocycles. The van der Waals surface area contributed by atoms with Crippen molar-refractivity contribution in [3.63, 3.8) is 0 Å². The molecule has 3 heteroatoms. The van der Waals surface area contributed by atoms with Crippen molar-refractivity contribution < 1.29 is 14.3 Å². The fraction of sp³-hybridized carbons (Fsp3) is 0.364. The largest absolute Gasteiger partial charge is 0.382 e. The second kappa shape index (κ2) is 5.52. The highest BCUT2D eigenvalue weighted by atomic mass is 16.5. The minimum atomic E-state index is -0.111. The molecule has 0 bridgehead atoms. The number of rotatable bonds is 5. The van der Waals surface area contributed by atoms with Crippen LogP contribution in [0.5, 0.6) is 0 Å². The van der Waals surface area contributed by atoms with Crippen LogP contribution in [0.4, 0.5) is 0 Å². The summed E-state index contributed by atoms with van der Waals surface area (Å²) in [7, 11) is 3.24. The third-order valence-electron chi connectivity index (χ3n) is 2.02. The SMILES string of the molecule is COCC(OC)c1cccc(C=O)c1. The van der Waals surface area contributed by atoms with E-state index in [0.717, 1.165) is 11.8 Å². The predicted octanol–water partition coefficient (Wildman–Crippen LogP) is 1.83. The summed E-state index contributed by atoms with van der Waals surface area (Å²) in [5, 5.41) is 0. The van der Waals surface area contributed by atoms with Crippen molar-refractivity contribution in [1.29, 1.82) is 0 Å². The molecule has 0 radical (unpaired) electrons. The smallest absolute Gasteiger partial charge is 0.150 e. The molecule has 1 unspecified atom stereocenters. The van der Waals surface area contributed by atoms with Gasteiger partial charge < -0.3 is 9.47 Å². The summed E-state index contributed by atoms with van der Waals surface area (Å²) in [6.45, 7) is 0.485. The zero-order valence-electron chi connectivity index (χ0n) is 8.40. The molecule has 0 saturated carbocycles. The molecule has 0 aliphatic rings. The zero-order valence-corrected chi connectivity index (χ0v) is 8.40. The molecule has 0 spiro atoms. The van der Waals surface area contributed by atoms with Crippen LogP contribution in [-0.4, -0.2) is 27.1 Å². The van der Waals surface area contributed by atoms with Gasteiger partial charge in [0.2, 0.25) is 0 Å². The van der Waals surface area contributed by atoms with Crippen molar-refractivity contribution in [2.45, 2.75) is 6.10 Å². The number of hydrogen-bond acceptors (Lipinski definition) is 3. The van der Waals surface area contributed by atoms with Gasteiger partial charge in [-0.3, -0.25) is 4.79 Å². The normalized spacial score (nSPS) is 12.4. The van der Waals surface area contributed by atoms with Crippen LogP contribution < -0.4 is 0 Å². The van der Waals surface area contributed by atoms with E-state index in [9.17, 15) is 4.79 Å². The number of benzene rings is 1. The van der Waals surface area contributed by atoms with Gasteiger partial charge in [0.1, 0.15) is 12.4 Å². The molecule has 0 N–H and O–H groups in total. The Morgan fingerprint density at radius 2 is 2.21 bits per heavy atom. The van der Waals surface area contributed by atoms with Crippen molar-refractivity contribution in [3.05, 3.63) is 35.4 Å². The Balaban J connectivity index is 2.86. The van der Waals surface area contributed by atoms with Crippen molar-refractivity contribution in [2.24, 2.45) is 0 Å². The average molecular weight is 194 g/mol. The van der Waals surface area contributed by atoms with E-state index in [0.29, 0.717) is 12.2 Å². The summed E-state index contributed by atoms with van der Waals surface area (Å²) < 4.78 is 10.2. The number of aldehydes is 1. The summed E-state index contributed by atoms with van der Waals surface area (Å²) in [4.78, 5) is 10.6. The van der Waals surface area contributed by atoms with Crippen molar-refractivity contribution in [1.82, 2.24) is 0 Å². The molecule has 14 heavy (non-hydrogen) atoms. The fourth-order valence-corrected chi connectivity index (χ4v) is 1.28. The average Bonchev–Trinajstić information content (AvgIpc) is 2.26. The van der Waals surface area contributed by atoms with Gasteiger partial charge in [-0.05, 0) is 11.6 Å². The van der Waals surface area contributed by atoms with Crippen molar-refractivity contribution >= 4 is 6.29 Å². The zero-order chi connectivity index (χ0) is 10.4. The van der Waals surface area contributed by atoms with Crippen LogP contribution in [0.25, 0.3) is 0 Å². The highest BCUT2D eigenvalue weighted by Gasteiger charge is 2.09. The third kappa shape index (κ3) is 2.65. The second-order valence-corrected chi connectivity index (χ2v) is 2.97. The van der Waals surface area contributed by atoms with Gasteiger partial charge in [-0.15, -0.1) is 0 Å². The standard InChI is InChI=1S/C11H14O3/c1-13-8-11(14-2)10-5-3-4-9(6-10)7-12/h3-7,11H,8H2,1-2H3. The minimum absolute atomic E-state index is 0.111. The van der Waals surface area contributed by atoms with Gasteiger partial charge in [0.25, 0.3) is 0 Å². The number of hydrogen-bond donors (Lipinski definition) is 0. The first-order valence-corrected chi connectivity index (χ1v) is 4.38. The number of carbonyl (C=O) groups is 1. The van der Waals surface area contributed by atoms with E-state index in [1.807, 2.05) is 12.1 Å². The van der Waals surface area contributed by atoms with Crippen LogP contribution in [0, 0.1) is 0 Å². The lowest BCUT2D eigenvalue weighted by atomic mass is 10.1. The summed E-state index contributed by atoms with van der Waals surface area (Å²) in [5.74, 6) is 0. The van der Waals surface area contributed by atoms with Crippen LogP contribution in [-0.2, 0) is 9.47 Å². The van der Waals surface area contributed by atoms with Crippen LogP contribution in [0.15, 0.2) is 24.3 Å². The maximum atomic E-state index is 10.6. The Kier molecular flexibility index (Phi) is 4.29. The maximum absolute atomic E-state index is 10.6. The topological polar surface area (TPSA) is 35.5 Å². The van der Waals surface area contributed by atoms with Crippen molar-refractivity contribution in [2.75, 3.05) is 20.8 Å². The monoisotopic (exact) mass is 194 g/mol. The molecule has 0 heterocycles. The molecule has 3 nitrogen and oxygen atoms in total. The van der Waals surface area contributed by atoms with E-state index < -0.39 is 0 Å². The summed E-state index contributed by atoms with van der Waals surface area (Å²) in [6, 6.07) is 7.32. The molecule has 0 fully saturated rings. The van der Waals surface area contributed by atoms with Gasteiger partial charge in [0, 0.05) is 19.8 Å². The quantitative estimate of drug-likeness (QED) is 0.671. The van der Waals surface area contributed by atoms with Crippen LogP contribution in [0.3, 0.4) is 0 Å². The molecular weight excluding hydrogens is 180 g/mol. The molecule has 1 aromatic rings.